The van der Waals surface area contributed by atoms with E-state index in [1.54, 1.807) is 0 Å². The first kappa shape index (κ1) is 5.53. The lowest BCUT2D eigenvalue weighted by Gasteiger charge is -2.31. The van der Waals surface area contributed by atoms with E-state index in [4.69, 9.17) is 0 Å². The second kappa shape index (κ2) is 1.12. The molecule has 0 unspecified atom stereocenters. The van der Waals surface area contributed by atoms with Crippen LogP contribution < -0.4 is 0 Å². The fourth-order valence-electron chi connectivity index (χ4n) is 1.33. The Kier molecular flexibility index (Phi) is 0.688. The quantitative estimate of drug-likeness (QED) is 0.453. The summed E-state index contributed by atoms with van der Waals surface area (Å²) in [4.78, 5) is 0. The van der Waals surface area contributed by atoms with Crippen molar-refractivity contribution in [3.8, 4) is 0 Å². The minimum atomic E-state index is -2.56. The molecule has 0 amide bonds. The van der Waals surface area contributed by atoms with Gasteiger partial charge in [-0.3, -0.25) is 0 Å². The van der Waals surface area contributed by atoms with E-state index in [2.05, 4.69) is 0 Å². The van der Waals surface area contributed by atoms with Crippen molar-refractivity contribution in [3.05, 3.63) is 0 Å². The van der Waals surface area contributed by atoms with E-state index in [0.29, 0.717) is 5.12 Å². The SMILES string of the molecule is FN1CC2(C1)CC2(F)F. The molecule has 0 aromatic heterocycles. The molecule has 4 heteroatoms. The van der Waals surface area contributed by atoms with Gasteiger partial charge in [-0.1, -0.05) is 0 Å². The van der Waals surface area contributed by atoms with Crippen LogP contribution in [0.15, 0.2) is 0 Å². The highest BCUT2D eigenvalue weighted by Gasteiger charge is 2.76. The van der Waals surface area contributed by atoms with E-state index in [9.17, 15) is 13.3 Å². The summed E-state index contributed by atoms with van der Waals surface area (Å²) in [7, 11) is 0. The van der Waals surface area contributed by atoms with Crippen molar-refractivity contribution >= 4 is 0 Å². The number of rotatable bonds is 0. The zero-order chi connectivity index (χ0) is 6.70. The molecule has 0 atom stereocenters. The van der Waals surface area contributed by atoms with Crippen molar-refractivity contribution < 1.29 is 13.3 Å². The second-order valence-electron chi connectivity index (χ2n) is 2.94. The van der Waals surface area contributed by atoms with Gasteiger partial charge in [0.2, 0.25) is 0 Å². The van der Waals surface area contributed by atoms with Gasteiger partial charge in [-0.2, -0.15) is 0 Å². The highest BCUT2D eigenvalue weighted by atomic mass is 19.3. The Hall–Kier alpha value is -0.250. The van der Waals surface area contributed by atoms with E-state index in [-0.39, 0.29) is 19.5 Å². The third-order valence-electron chi connectivity index (χ3n) is 2.16. The van der Waals surface area contributed by atoms with E-state index in [0.717, 1.165) is 0 Å². The molecule has 0 radical (unpaired) electrons. The van der Waals surface area contributed by atoms with Crippen LogP contribution in [0.25, 0.3) is 0 Å². The summed E-state index contributed by atoms with van der Waals surface area (Å²) >= 11 is 0. The van der Waals surface area contributed by atoms with Gasteiger partial charge in [0.05, 0.1) is 5.41 Å². The molecule has 1 spiro atoms. The second-order valence-corrected chi connectivity index (χ2v) is 2.94. The van der Waals surface area contributed by atoms with Crippen LogP contribution >= 0.6 is 0 Å². The van der Waals surface area contributed by atoms with Crippen molar-refractivity contribution in [1.82, 2.24) is 5.12 Å². The van der Waals surface area contributed by atoms with Crippen LogP contribution in [0.3, 0.4) is 0 Å². The Bertz CT molecular complexity index is 150. The summed E-state index contributed by atoms with van der Waals surface area (Å²) in [6.45, 7) is -0.139. The molecule has 2 rings (SSSR count). The zero-order valence-electron chi connectivity index (χ0n) is 4.70. The summed E-state index contributed by atoms with van der Waals surface area (Å²) in [5.41, 5.74) is -0.943. The molecule has 1 aliphatic heterocycles. The summed E-state index contributed by atoms with van der Waals surface area (Å²) in [5, 5.41) is 0.431. The van der Waals surface area contributed by atoms with Gasteiger partial charge in [0.1, 0.15) is 0 Å². The fraction of sp³-hybridized carbons (Fsp3) is 1.00. The Morgan fingerprint density at radius 3 is 1.78 bits per heavy atom. The molecule has 1 heterocycles. The monoisotopic (exact) mass is 137 g/mol. The summed E-state index contributed by atoms with van der Waals surface area (Å²) in [6.07, 6.45) is -0.111. The minimum Gasteiger partial charge on any atom is -0.206 e. The average molecular weight is 137 g/mol. The van der Waals surface area contributed by atoms with Crippen LogP contribution in [0.2, 0.25) is 0 Å². The molecule has 1 saturated heterocycles. The van der Waals surface area contributed by atoms with E-state index >= 15 is 0 Å². The highest BCUT2D eigenvalue weighted by Crippen LogP contribution is 2.65. The first-order valence-corrected chi connectivity index (χ1v) is 2.84. The highest BCUT2D eigenvalue weighted by molar-refractivity contribution is 5.16. The molecule has 1 saturated carbocycles. The lowest BCUT2D eigenvalue weighted by Crippen LogP contribution is -2.46. The standard InChI is InChI=1S/C5H6F3N/c6-5(7)1-4(5)2-9(8)3-4/h1-3H2. The van der Waals surface area contributed by atoms with Crippen LogP contribution in [0.4, 0.5) is 13.3 Å². The normalized spacial score (nSPS) is 36.3. The maximum absolute atomic E-state index is 12.2. The molecule has 2 fully saturated rings. The van der Waals surface area contributed by atoms with Crippen LogP contribution in [-0.4, -0.2) is 24.1 Å². The summed E-state index contributed by atoms with van der Waals surface area (Å²) < 4.78 is 36.3. The third kappa shape index (κ3) is 0.495. The van der Waals surface area contributed by atoms with Crippen molar-refractivity contribution in [1.29, 1.82) is 0 Å². The minimum absolute atomic E-state index is 0.0694. The van der Waals surface area contributed by atoms with Gasteiger partial charge in [-0.25, -0.2) is 8.78 Å². The smallest absolute Gasteiger partial charge is 0.206 e. The number of hydrogen-bond donors (Lipinski definition) is 0. The van der Waals surface area contributed by atoms with Gasteiger partial charge in [0.15, 0.2) is 0 Å². The van der Waals surface area contributed by atoms with Crippen LogP contribution in [0.5, 0.6) is 0 Å². The molecule has 2 aliphatic rings. The van der Waals surface area contributed by atoms with E-state index in [1.165, 1.54) is 0 Å². The molecule has 52 valence electrons. The number of hydrogen-bond acceptors (Lipinski definition) is 1. The van der Waals surface area contributed by atoms with Gasteiger partial charge in [0, 0.05) is 19.5 Å². The predicted octanol–water partition coefficient (Wildman–Crippen LogP) is 1.21. The van der Waals surface area contributed by atoms with E-state index in [1.807, 2.05) is 0 Å². The molecule has 1 aliphatic carbocycles. The van der Waals surface area contributed by atoms with Gasteiger partial charge in [-0.15, -0.1) is 9.60 Å². The first-order valence-electron chi connectivity index (χ1n) is 2.84. The van der Waals surface area contributed by atoms with Crippen LogP contribution in [-0.2, 0) is 0 Å². The van der Waals surface area contributed by atoms with Crippen molar-refractivity contribution in [2.24, 2.45) is 5.41 Å². The topological polar surface area (TPSA) is 3.24 Å². The Balaban J connectivity index is 2.03. The molecule has 1 nitrogen and oxygen atoms in total. The zero-order valence-corrected chi connectivity index (χ0v) is 4.70. The Labute approximate surface area is 50.4 Å². The average Bonchev–Trinajstić information content (AvgIpc) is 2.06. The number of nitrogens with zero attached hydrogens (tertiary/aromatic N) is 1. The maximum Gasteiger partial charge on any atom is 0.257 e. The lowest BCUT2D eigenvalue weighted by atomic mass is 9.99. The first-order chi connectivity index (χ1) is 4.06. The third-order valence-corrected chi connectivity index (χ3v) is 2.16. The molecular formula is C5H6F3N. The Morgan fingerprint density at radius 2 is 1.67 bits per heavy atom. The Morgan fingerprint density at radius 1 is 1.22 bits per heavy atom. The summed E-state index contributed by atoms with van der Waals surface area (Å²) in [6, 6.07) is 0. The molecule has 9 heavy (non-hydrogen) atoms. The molecule has 0 aromatic carbocycles. The van der Waals surface area contributed by atoms with Gasteiger partial charge >= 0.3 is 0 Å². The van der Waals surface area contributed by atoms with Crippen LogP contribution in [0.1, 0.15) is 6.42 Å². The molecule has 0 bridgehead atoms. The van der Waals surface area contributed by atoms with Crippen LogP contribution in [0, 0.1) is 5.41 Å². The number of halogens is 3. The number of alkyl halides is 2. The largest absolute Gasteiger partial charge is 0.257 e. The predicted molar refractivity (Wildman–Crippen MR) is 24.7 cm³/mol. The van der Waals surface area contributed by atoms with Crippen molar-refractivity contribution in [2.75, 3.05) is 13.1 Å². The fourth-order valence-corrected chi connectivity index (χ4v) is 1.33. The van der Waals surface area contributed by atoms with Crippen molar-refractivity contribution in [3.63, 3.8) is 0 Å². The van der Waals surface area contributed by atoms with Gasteiger partial charge < -0.3 is 0 Å². The van der Waals surface area contributed by atoms with E-state index < -0.39 is 11.3 Å². The van der Waals surface area contributed by atoms with Gasteiger partial charge in [0.25, 0.3) is 5.92 Å². The van der Waals surface area contributed by atoms with Gasteiger partial charge in [-0.05, 0) is 0 Å². The lowest BCUT2D eigenvalue weighted by molar-refractivity contribution is -0.127. The molecule has 0 aromatic rings. The maximum atomic E-state index is 12.2. The molecular weight excluding hydrogens is 131 g/mol. The summed E-state index contributed by atoms with van der Waals surface area (Å²) in [5.74, 6) is -2.56. The van der Waals surface area contributed by atoms with Crippen molar-refractivity contribution in [2.45, 2.75) is 12.3 Å². The molecule has 0 N–H and O–H groups in total.